The summed E-state index contributed by atoms with van der Waals surface area (Å²) in [5, 5.41) is 9.50. The van der Waals surface area contributed by atoms with Crippen LogP contribution in [0.25, 0.3) is 28.5 Å². The largest absolute Gasteiger partial charge is 0.439 e. The predicted octanol–water partition coefficient (Wildman–Crippen LogP) is 4.88. The molecule has 11 heteroatoms. The van der Waals surface area contributed by atoms with Gasteiger partial charge in [0.15, 0.2) is 5.65 Å². The van der Waals surface area contributed by atoms with E-state index >= 15 is 0 Å². The average molecular weight is 521 g/mol. The van der Waals surface area contributed by atoms with Crippen LogP contribution in [0.4, 0.5) is 5.69 Å². The van der Waals surface area contributed by atoms with Crippen molar-refractivity contribution in [3.8, 4) is 28.9 Å². The van der Waals surface area contributed by atoms with Gasteiger partial charge < -0.3 is 8.82 Å². The van der Waals surface area contributed by atoms with E-state index in [0.29, 0.717) is 61.4 Å². The summed E-state index contributed by atoms with van der Waals surface area (Å²) in [6.07, 6.45) is 5.04. The maximum atomic E-state index is 11.5. The second-order valence-electron chi connectivity index (χ2n) is 6.76. The third-order valence-corrected chi connectivity index (χ3v) is 5.90. The molecule has 31 heavy (non-hydrogen) atoms. The molecule has 0 bridgehead atoms. The number of hydrogen-bond acceptors (Lipinski definition) is 6. The van der Waals surface area contributed by atoms with Crippen LogP contribution in [0.1, 0.15) is 18.2 Å². The molecule has 158 valence electrons. The number of pyridine rings is 1. The number of sulfonamides is 1. The van der Waals surface area contributed by atoms with Crippen LogP contribution < -0.4 is 4.72 Å². The van der Waals surface area contributed by atoms with Gasteiger partial charge in [0.2, 0.25) is 15.9 Å². The summed E-state index contributed by atoms with van der Waals surface area (Å²) in [5.41, 5.74) is 3.15. The first kappa shape index (κ1) is 21.4. The van der Waals surface area contributed by atoms with Gasteiger partial charge in [-0.2, -0.15) is 5.26 Å². The number of nitrogens with one attached hydrogen (secondary N) is 1. The van der Waals surface area contributed by atoms with Crippen molar-refractivity contribution in [2.45, 2.75) is 13.3 Å². The van der Waals surface area contributed by atoms with Gasteiger partial charge in [0.25, 0.3) is 0 Å². The first-order valence-electron chi connectivity index (χ1n) is 9.04. The van der Waals surface area contributed by atoms with Crippen LogP contribution in [0.5, 0.6) is 0 Å². The molecule has 4 rings (SSSR count). The summed E-state index contributed by atoms with van der Waals surface area (Å²) in [4.78, 5) is 9.17. The lowest BCUT2D eigenvalue weighted by Gasteiger charge is -2.07. The number of aromatic nitrogens is 3. The van der Waals surface area contributed by atoms with Crippen LogP contribution in [0.15, 0.2) is 45.5 Å². The molecule has 0 radical (unpaired) electrons. The van der Waals surface area contributed by atoms with Gasteiger partial charge in [0.05, 0.1) is 21.3 Å². The number of hydrogen-bond donors (Lipinski definition) is 1. The van der Waals surface area contributed by atoms with E-state index < -0.39 is 10.0 Å². The van der Waals surface area contributed by atoms with E-state index in [1.165, 1.54) is 6.07 Å². The summed E-state index contributed by atoms with van der Waals surface area (Å²) in [5.74, 6) is 0.935. The lowest BCUT2D eigenvalue weighted by atomic mass is 10.1. The van der Waals surface area contributed by atoms with Gasteiger partial charge in [0, 0.05) is 30.1 Å². The first-order valence-corrected chi connectivity index (χ1v) is 12.1. The van der Waals surface area contributed by atoms with Crippen molar-refractivity contribution in [2.24, 2.45) is 0 Å². The highest BCUT2D eigenvalue weighted by Gasteiger charge is 2.20. The topological polar surface area (TPSA) is 113 Å². The van der Waals surface area contributed by atoms with E-state index in [0.717, 1.165) is 6.26 Å². The van der Waals surface area contributed by atoms with Crippen molar-refractivity contribution < 1.29 is 12.8 Å². The molecule has 0 saturated carbocycles. The van der Waals surface area contributed by atoms with Gasteiger partial charge in [-0.15, -0.1) is 0 Å². The minimum Gasteiger partial charge on any atom is -0.439 e. The Labute approximate surface area is 191 Å². The van der Waals surface area contributed by atoms with E-state index in [9.17, 15) is 8.42 Å². The summed E-state index contributed by atoms with van der Waals surface area (Å²) in [7, 11) is -3.41. The molecule has 0 atom stereocenters. The quantitative estimate of drug-likeness (QED) is 0.401. The zero-order chi connectivity index (χ0) is 22.3. The minimum absolute atomic E-state index is 0.315. The van der Waals surface area contributed by atoms with E-state index in [1.807, 2.05) is 6.92 Å². The Morgan fingerprint density at radius 1 is 1.29 bits per heavy atom. The van der Waals surface area contributed by atoms with Crippen LogP contribution in [-0.4, -0.2) is 29.0 Å². The fourth-order valence-electron chi connectivity index (χ4n) is 3.12. The van der Waals surface area contributed by atoms with Crippen LogP contribution >= 0.6 is 27.5 Å². The van der Waals surface area contributed by atoms with Gasteiger partial charge in [-0.1, -0.05) is 18.5 Å². The van der Waals surface area contributed by atoms with E-state index in [1.54, 1.807) is 35.0 Å². The first-order chi connectivity index (χ1) is 14.7. The van der Waals surface area contributed by atoms with E-state index in [4.69, 9.17) is 21.3 Å². The lowest BCUT2D eigenvalue weighted by molar-refractivity contribution is 0.524. The summed E-state index contributed by atoms with van der Waals surface area (Å²) in [6, 6.07) is 8.62. The highest BCUT2D eigenvalue weighted by atomic mass is 79.9. The second kappa shape index (κ2) is 8.00. The molecule has 0 saturated heterocycles. The molecule has 1 N–H and O–H groups in total. The molecule has 0 spiro atoms. The molecule has 0 unspecified atom stereocenters. The second-order valence-corrected chi connectivity index (χ2v) is 9.77. The highest BCUT2D eigenvalue weighted by molar-refractivity contribution is 9.10. The van der Waals surface area contributed by atoms with Crippen molar-refractivity contribution >= 4 is 48.9 Å². The zero-order valence-electron chi connectivity index (χ0n) is 16.3. The lowest BCUT2D eigenvalue weighted by Crippen LogP contribution is -2.09. The number of oxazole rings is 1. The van der Waals surface area contributed by atoms with Crippen molar-refractivity contribution in [3.63, 3.8) is 0 Å². The third kappa shape index (κ3) is 4.30. The predicted molar refractivity (Wildman–Crippen MR) is 121 cm³/mol. The molecule has 0 aliphatic rings. The van der Waals surface area contributed by atoms with E-state index in [-0.39, 0.29) is 0 Å². The number of nitrogens with zero attached hydrogens (tertiary/aromatic N) is 4. The van der Waals surface area contributed by atoms with Crippen LogP contribution in [0.2, 0.25) is 5.02 Å². The van der Waals surface area contributed by atoms with Gasteiger partial charge in [-0.05, 0) is 40.2 Å². The fraction of sp³-hybridized carbons (Fsp3) is 0.150. The summed E-state index contributed by atoms with van der Waals surface area (Å²) >= 11 is 9.85. The van der Waals surface area contributed by atoms with Gasteiger partial charge in [0.1, 0.15) is 23.2 Å². The average Bonchev–Trinajstić information content (AvgIpc) is 3.31. The molecular weight excluding hydrogens is 506 g/mol. The van der Waals surface area contributed by atoms with Crippen molar-refractivity contribution in [2.75, 3.05) is 11.0 Å². The maximum Gasteiger partial charge on any atom is 0.247 e. The number of nitriles is 1. The molecule has 1 aromatic carbocycles. The Kier molecular flexibility index (Phi) is 5.51. The molecule has 0 aliphatic carbocycles. The van der Waals surface area contributed by atoms with E-state index in [2.05, 4.69) is 36.7 Å². The zero-order valence-corrected chi connectivity index (χ0v) is 19.5. The SMILES string of the molecule is CCc1oc(-c2cn3cc(C#N)cc(Br)c3n2)nc1-c1ccc(NS(C)(=O)=O)cc1Cl. The van der Waals surface area contributed by atoms with Gasteiger partial charge >= 0.3 is 0 Å². The van der Waals surface area contributed by atoms with Crippen LogP contribution in [0, 0.1) is 11.3 Å². The molecule has 4 aromatic rings. The van der Waals surface area contributed by atoms with Gasteiger partial charge in [-0.25, -0.2) is 18.4 Å². The minimum atomic E-state index is -3.41. The third-order valence-electron chi connectivity index (χ3n) is 4.40. The Bertz CT molecular complexity index is 1470. The van der Waals surface area contributed by atoms with Crippen molar-refractivity contribution in [3.05, 3.63) is 57.5 Å². The summed E-state index contributed by atoms with van der Waals surface area (Å²) < 4.78 is 33.7. The van der Waals surface area contributed by atoms with Crippen LogP contribution in [0.3, 0.4) is 0 Å². The number of fused-ring (bicyclic) bond motifs is 1. The molecule has 8 nitrogen and oxygen atoms in total. The number of rotatable bonds is 5. The number of aryl methyl sites for hydroxylation is 1. The molecular formula is C20H15BrClN5O3S. The number of imidazole rings is 1. The fourth-order valence-corrected chi connectivity index (χ4v) is 4.48. The monoisotopic (exact) mass is 519 g/mol. The van der Waals surface area contributed by atoms with Gasteiger partial charge in [-0.3, -0.25) is 4.72 Å². The summed E-state index contributed by atoms with van der Waals surface area (Å²) in [6.45, 7) is 1.93. The molecule has 0 fully saturated rings. The van der Waals surface area contributed by atoms with Crippen molar-refractivity contribution in [1.29, 1.82) is 5.26 Å². The number of benzene rings is 1. The normalized spacial score (nSPS) is 11.6. The standard InChI is InChI=1S/C20H15BrClN5O3S/c1-3-17-18(13-5-4-12(7-15(13)22)26-31(2,28)29)25-20(30-17)16-10-27-9-11(8-23)6-14(21)19(27)24-16/h4-7,9-10,26H,3H2,1-2H3. The van der Waals surface area contributed by atoms with Crippen molar-refractivity contribution in [1.82, 2.24) is 14.4 Å². The Balaban J connectivity index is 1.78. The number of halogens is 2. The molecule has 3 heterocycles. The molecule has 0 aliphatic heterocycles. The smallest absolute Gasteiger partial charge is 0.247 e. The molecule has 3 aromatic heterocycles. The Morgan fingerprint density at radius 2 is 2.06 bits per heavy atom. The highest BCUT2D eigenvalue weighted by Crippen LogP contribution is 2.35. The number of anilines is 1. The maximum absolute atomic E-state index is 11.5. The molecule has 0 amide bonds. The van der Waals surface area contributed by atoms with Crippen LogP contribution in [-0.2, 0) is 16.4 Å². The Morgan fingerprint density at radius 3 is 2.71 bits per heavy atom. The Hall–Kier alpha value is -2.87.